The molecular weight excluding hydrogens is 506 g/mol. The monoisotopic (exact) mass is 543 g/mol. The summed E-state index contributed by atoms with van der Waals surface area (Å²) >= 11 is 0. The van der Waals surface area contributed by atoms with Crippen molar-refractivity contribution in [1.82, 2.24) is 4.90 Å². The molecule has 0 radical (unpaired) electrons. The summed E-state index contributed by atoms with van der Waals surface area (Å²) < 4.78 is 16.4. The molecule has 10 heteroatoms. The molecule has 1 saturated carbocycles. The Morgan fingerprint density at radius 1 is 0.974 bits per heavy atom. The van der Waals surface area contributed by atoms with E-state index in [4.69, 9.17) is 13.9 Å². The third kappa shape index (κ3) is 4.38. The summed E-state index contributed by atoms with van der Waals surface area (Å²) in [6.07, 6.45) is 2.55. The van der Waals surface area contributed by atoms with Gasteiger partial charge < -0.3 is 13.9 Å². The highest BCUT2D eigenvalue weighted by atomic mass is 28.4. The standard InChI is InChI=1S/C28H37NO8Si/c1-9-36-26(33)23-21(14-15-22(30)37-38(16(2)3,17(4)5)18(6)7)28(23,27(34)35-8)29-24(31)19-12-10-11-13-20(19)25(29)32/h10-18,21,23H,9H2,1-8H3/b15-14-/t21-,23+,28+/m0/s1. The third-order valence-electron chi connectivity index (χ3n) is 7.87. The number of fused-ring (bicyclic) bond motifs is 1. The van der Waals surface area contributed by atoms with E-state index in [1.807, 2.05) is 41.5 Å². The summed E-state index contributed by atoms with van der Waals surface area (Å²) in [5.74, 6) is -6.00. The van der Waals surface area contributed by atoms with Gasteiger partial charge in [-0.3, -0.25) is 19.3 Å². The number of imide groups is 1. The highest BCUT2D eigenvalue weighted by molar-refractivity contribution is 6.79. The number of amides is 2. The lowest BCUT2D eigenvalue weighted by atomic mass is 10.1. The van der Waals surface area contributed by atoms with Gasteiger partial charge in [0, 0.05) is 12.0 Å². The number of methoxy groups -OCH3 is 1. The lowest BCUT2D eigenvalue weighted by Gasteiger charge is -2.40. The Bertz CT molecular complexity index is 1120. The van der Waals surface area contributed by atoms with E-state index in [2.05, 4.69) is 0 Å². The van der Waals surface area contributed by atoms with Crippen molar-refractivity contribution in [3.63, 3.8) is 0 Å². The number of carbonyl (C=O) groups is 5. The summed E-state index contributed by atoms with van der Waals surface area (Å²) in [5, 5.41) is 0. The van der Waals surface area contributed by atoms with Gasteiger partial charge in [0.05, 0.1) is 24.8 Å². The molecule has 1 aromatic rings. The summed E-state index contributed by atoms with van der Waals surface area (Å²) in [4.78, 5) is 67.0. The minimum Gasteiger partial charge on any atom is -0.515 e. The molecule has 1 aliphatic heterocycles. The van der Waals surface area contributed by atoms with Crippen molar-refractivity contribution in [3.8, 4) is 0 Å². The molecule has 206 valence electrons. The van der Waals surface area contributed by atoms with Crippen LogP contribution in [-0.4, -0.2) is 62.2 Å². The fourth-order valence-corrected chi connectivity index (χ4v) is 11.4. The van der Waals surface area contributed by atoms with Crippen LogP contribution in [0.25, 0.3) is 0 Å². The molecule has 1 heterocycles. The van der Waals surface area contributed by atoms with Crippen LogP contribution < -0.4 is 0 Å². The number of rotatable bonds is 10. The SMILES string of the molecule is CCOC(=O)[C@H]1[C@H](/C=C\C(=O)O[Si](C(C)C)(C(C)C)C(C)C)[C@@]1(C(=O)OC)N1C(=O)c2ccccc2C1=O. The quantitative estimate of drug-likeness (QED) is 0.186. The van der Waals surface area contributed by atoms with Gasteiger partial charge in [-0.2, -0.15) is 0 Å². The van der Waals surface area contributed by atoms with E-state index in [-0.39, 0.29) is 34.4 Å². The summed E-state index contributed by atoms with van der Waals surface area (Å²) in [6.45, 7) is 13.9. The highest BCUT2D eigenvalue weighted by Crippen LogP contribution is 2.59. The molecule has 0 N–H and O–H groups in total. The predicted octanol–water partition coefficient (Wildman–Crippen LogP) is 4.28. The first-order chi connectivity index (χ1) is 17.8. The molecule has 1 aromatic carbocycles. The van der Waals surface area contributed by atoms with Crippen LogP contribution >= 0.6 is 0 Å². The van der Waals surface area contributed by atoms with Crippen LogP contribution in [0.15, 0.2) is 36.4 Å². The smallest absolute Gasteiger partial charge is 0.333 e. The van der Waals surface area contributed by atoms with Gasteiger partial charge in [-0.15, -0.1) is 0 Å². The van der Waals surface area contributed by atoms with Gasteiger partial charge in [-0.05, 0) is 35.7 Å². The van der Waals surface area contributed by atoms with Gasteiger partial charge in [0.2, 0.25) is 0 Å². The van der Waals surface area contributed by atoms with E-state index in [0.717, 1.165) is 12.0 Å². The average molecular weight is 544 g/mol. The zero-order chi connectivity index (χ0) is 28.6. The molecule has 0 saturated heterocycles. The van der Waals surface area contributed by atoms with Crippen LogP contribution in [-0.2, 0) is 28.3 Å². The Morgan fingerprint density at radius 2 is 1.47 bits per heavy atom. The zero-order valence-electron chi connectivity index (χ0n) is 23.3. The Hall–Kier alpha value is -3.27. The van der Waals surface area contributed by atoms with Crippen LogP contribution in [0.5, 0.6) is 0 Å². The van der Waals surface area contributed by atoms with Gasteiger partial charge in [0.25, 0.3) is 20.1 Å². The van der Waals surface area contributed by atoms with Crippen molar-refractivity contribution in [2.45, 2.75) is 70.6 Å². The maximum Gasteiger partial charge on any atom is 0.333 e. The number of ether oxygens (including phenoxy) is 2. The number of esters is 2. The normalized spacial score (nSPS) is 22.9. The van der Waals surface area contributed by atoms with E-state index in [0.29, 0.717) is 0 Å². The lowest BCUT2D eigenvalue weighted by Crippen LogP contribution is -2.51. The fourth-order valence-electron chi connectivity index (χ4n) is 6.29. The largest absolute Gasteiger partial charge is 0.515 e. The van der Waals surface area contributed by atoms with Gasteiger partial charge >= 0.3 is 17.9 Å². The van der Waals surface area contributed by atoms with Crippen molar-refractivity contribution in [2.75, 3.05) is 13.7 Å². The van der Waals surface area contributed by atoms with Crippen LogP contribution in [0, 0.1) is 11.8 Å². The third-order valence-corrected chi connectivity index (χ3v) is 13.8. The van der Waals surface area contributed by atoms with Gasteiger partial charge in [-0.1, -0.05) is 59.8 Å². The van der Waals surface area contributed by atoms with E-state index >= 15 is 0 Å². The molecular formula is C28H37NO8Si. The topological polar surface area (TPSA) is 116 Å². The first-order valence-electron chi connectivity index (χ1n) is 13.0. The zero-order valence-corrected chi connectivity index (χ0v) is 24.3. The first-order valence-corrected chi connectivity index (χ1v) is 15.1. The van der Waals surface area contributed by atoms with Crippen LogP contribution in [0.3, 0.4) is 0 Å². The van der Waals surface area contributed by atoms with Crippen molar-refractivity contribution >= 4 is 38.0 Å². The molecule has 0 spiro atoms. The minimum absolute atomic E-state index is 0.0263. The fraction of sp³-hybridized carbons (Fsp3) is 0.536. The highest BCUT2D eigenvalue weighted by Gasteiger charge is 2.79. The Morgan fingerprint density at radius 3 is 1.89 bits per heavy atom. The summed E-state index contributed by atoms with van der Waals surface area (Å²) in [6, 6.07) is 6.18. The number of carbonyl (C=O) groups excluding carboxylic acids is 5. The van der Waals surface area contributed by atoms with E-state index in [9.17, 15) is 24.0 Å². The van der Waals surface area contributed by atoms with Crippen LogP contribution in [0.1, 0.15) is 69.2 Å². The number of benzene rings is 1. The number of nitrogens with zero attached hydrogens (tertiary/aromatic N) is 1. The Balaban J connectivity index is 2.04. The molecule has 38 heavy (non-hydrogen) atoms. The van der Waals surface area contributed by atoms with Crippen molar-refractivity contribution < 1.29 is 37.9 Å². The van der Waals surface area contributed by atoms with Crippen molar-refractivity contribution in [1.29, 1.82) is 0 Å². The summed E-state index contributed by atoms with van der Waals surface area (Å²) in [5.41, 5.74) is -1.27. The molecule has 0 unspecified atom stereocenters. The Kier molecular flexibility index (Phi) is 8.35. The maximum absolute atomic E-state index is 13.4. The molecule has 0 bridgehead atoms. The van der Waals surface area contributed by atoms with E-state index in [1.165, 1.54) is 24.3 Å². The van der Waals surface area contributed by atoms with Crippen LogP contribution in [0.2, 0.25) is 16.6 Å². The predicted molar refractivity (Wildman–Crippen MR) is 142 cm³/mol. The average Bonchev–Trinajstić information content (AvgIpc) is 3.46. The molecule has 1 aliphatic carbocycles. The second-order valence-electron chi connectivity index (χ2n) is 10.7. The molecule has 2 amide bonds. The van der Waals surface area contributed by atoms with Crippen LogP contribution in [0.4, 0.5) is 0 Å². The second kappa shape index (κ2) is 10.8. The molecule has 1 fully saturated rings. The maximum atomic E-state index is 13.4. The first kappa shape index (κ1) is 29.3. The molecule has 3 atom stereocenters. The van der Waals surface area contributed by atoms with Gasteiger partial charge in [-0.25, -0.2) is 9.59 Å². The Labute approximate surface area is 224 Å². The second-order valence-corrected chi connectivity index (χ2v) is 16.0. The summed E-state index contributed by atoms with van der Waals surface area (Å²) in [7, 11) is -1.43. The molecule has 2 aliphatic rings. The van der Waals surface area contributed by atoms with Gasteiger partial charge in [0.1, 0.15) is 5.92 Å². The number of hydrogen-bond donors (Lipinski definition) is 0. The van der Waals surface area contributed by atoms with Gasteiger partial charge in [0.15, 0.2) is 5.54 Å². The van der Waals surface area contributed by atoms with Crippen molar-refractivity contribution in [3.05, 3.63) is 47.5 Å². The van der Waals surface area contributed by atoms with E-state index < -0.39 is 55.4 Å². The number of hydrogen-bond acceptors (Lipinski definition) is 8. The molecule has 0 aromatic heterocycles. The molecule has 3 rings (SSSR count). The minimum atomic E-state index is -2.55. The van der Waals surface area contributed by atoms with Crippen molar-refractivity contribution in [2.24, 2.45) is 11.8 Å². The van der Waals surface area contributed by atoms with E-state index in [1.54, 1.807) is 19.1 Å². The molecule has 9 nitrogen and oxygen atoms in total. The lowest BCUT2D eigenvalue weighted by molar-refractivity contribution is -0.153.